The highest BCUT2D eigenvalue weighted by Crippen LogP contribution is 2.36. The normalized spacial score (nSPS) is 40.8. The van der Waals surface area contributed by atoms with Gasteiger partial charge in [0, 0.05) is 11.9 Å². The summed E-state index contributed by atoms with van der Waals surface area (Å²) in [6.45, 7) is 2.05. The number of hydrogen-bond acceptors (Lipinski definition) is 2. The Balaban J connectivity index is 1.95. The highest BCUT2D eigenvalue weighted by molar-refractivity contribution is 8.00. The van der Waals surface area contributed by atoms with Gasteiger partial charge in [0.15, 0.2) is 0 Å². The minimum absolute atomic E-state index is 0.896. The summed E-state index contributed by atoms with van der Waals surface area (Å²) in [6, 6.07) is 0. The number of fused-ring (bicyclic) bond motifs is 1. The largest absolute Gasteiger partial charge is 0.381 e. The lowest BCUT2D eigenvalue weighted by atomic mass is 10.0. The molecule has 0 aliphatic carbocycles. The van der Waals surface area contributed by atoms with Crippen LogP contribution in [0.15, 0.2) is 0 Å². The Kier molecular flexibility index (Phi) is 2.19. The fourth-order valence-electron chi connectivity index (χ4n) is 1.82. The van der Waals surface area contributed by atoms with Gasteiger partial charge < -0.3 is 4.74 Å². The van der Waals surface area contributed by atoms with Crippen molar-refractivity contribution >= 4 is 11.8 Å². The van der Waals surface area contributed by atoms with Gasteiger partial charge in [0.25, 0.3) is 0 Å². The van der Waals surface area contributed by atoms with Gasteiger partial charge in [0.1, 0.15) is 0 Å². The van der Waals surface area contributed by atoms with Crippen molar-refractivity contribution in [1.82, 2.24) is 0 Å². The van der Waals surface area contributed by atoms with E-state index in [1.807, 2.05) is 0 Å². The Morgan fingerprint density at radius 3 is 3.30 bits per heavy atom. The molecule has 58 valence electrons. The van der Waals surface area contributed by atoms with Crippen molar-refractivity contribution in [1.29, 1.82) is 0 Å². The molecule has 0 radical (unpaired) electrons. The maximum absolute atomic E-state index is 5.50. The van der Waals surface area contributed by atoms with Gasteiger partial charge in [-0.3, -0.25) is 0 Å². The van der Waals surface area contributed by atoms with Gasteiger partial charge in [0.05, 0.1) is 6.61 Å². The Bertz CT molecular complexity index is 104. The second-order valence-corrected chi connectivity index (χ2v) is 4.52. The third-order valence-electron chi connectivity index (χ3n) is 2.46. The topological polar surface area (TPSA) is 9.23 Å². The van der Waals surface area contributed by atoms with Crippen LogP contribution in [0.3, 0.4) is 0 Å². The first-order valence-corrected chi connectivity index (χ1v) is 5.21. The third-order valence-corrected chi connectivity index (χ3v) is 3.98. The van der Waals surface area contributed by atoms with Crippen molar-refractivity contribution in [3.63, 3.8) is 0 Å². The first kappa shape index (κ1) is 6.99. The van der Waals surface area contributed by atoms with Gasteiger partial charge in [0.2, 0.25) is 0 Å². The van der Waals surface area contributed by atoms with E-state index in [0.29, 0.717) is 0 Å². The van der Waals surface area contributed by atoms with Crippen LogP contribution < -0.4 is 0 Å². The lowest BCUT2D eigenvalue weighted by Crippen LogP contribution is -2.13. The molecule has 0 saturated carbocycles. The molecule has 2 aliphatic rings. The molecule has 2 heterocycles. The fraction of sp³-hybridized carbons (Fsp3) is 1.00. The second kappa shape index (κ2) is 3.14. The van der Waals surface area contributed by atoms with Gasteiger partial charge in [-0.2, -0.15) is 11.8 Å². The Morgan fingerprint density at radius 2 is 2.30 bits per heavy atom. The molecule has 0 aromatic carbocycles. The standard InChI is InChI=1S/C8H14OS/c1-2-8-7(3-5-10-8)6-9-4-1/h7-8H,1-6H2. The van der Waals surface area contributed by atoms with Crippen molar-refractivity contribution in [3.05, 3.63) is 0 Å². The monoisotopic (exact) mass is 158 g/mol. The van der Waals surface area contributed by atoms with E-state index in [4.69, 9.17) is 4.74 Å². The molecule has 10 heavy (non-hydrogen) atoms. The van der Waals surface area contributed by atoms with Crippen molar-refractivity contribution in [3.8, 4) is 0 Å². The lowest BCUT2D eigenvalue weighted by Gasteiger charge is -2.12. The van der Waals surface area contributed by atoms with Gasteiger partial charge in [-0.05, 0) is 30.9 Å². The van der Waals surface area contributed by atoms with E-state index in [-0.39, 0.29) is 0 Å². The zero-order valence-corrected chi connectivity index (χ0v) is 7.03. The summed E-state index contributed by atoms with van der Waals surface area (Å²) in [4.78, 5) is 0. The smallest absolute Gasteiger partial charge is 0.0505 e. The lowest BCUT2D eigenvalue weighted by molar-refractivity contribution is 0.117. The molecule has 2 rings (SSSR count). The van der Waals surface area contributed by atoms with Crippen molar-refractivity contribution < 1.29 is 4.74 Å². The summed E-state index contributed by atoms with van der Waals surface area (Å²) < 4.78 is 5.50. The van der Waals surface area contributed by atoms with E-state index in [2.05, 4.69) is 11.8 Å². The average Bonchev–Trinajstić information content (AvgIpc) is 2.28. The van der Waals surface area contributed by atoms with Gasteiger partial charge in [-0.25, -0.2) is 0 Å². The minimum Gasteiger partial charge on any atom is -0.381 e. The highest BCUT2D eigenvalue weighted by atomic mass is 32.2. The van der Waals surface area contributed by atoms with Gasteiger partial charge in [-0.15, -0.1) is 0 Å². The zero-order chi connectivity index (χ0) is 6.81. The number of rotatable bonds is 0. The Hall–Kier alpha value is 0.310. The number of ether oxygens (including phenoxy) is 1. The van der Waals surface area contributed by atoms with Crippen LogP contribution in [0.2, 0.25) is 0 Å². The summed E-state index contributed by atoms with van der Waals surface area (Å²) >= 11 is 2.16. The number of hydrogen-bond donors (Lipinski definition) is 0. The van der Waals surface area contributed by atoms with Gasteiger partial charge >= 0.3 is 0 Å². The predicted octanol–water partition coefficient (Wildman–Crippen LogP) is 1.92. The third kappa shape index (κ3) is 1.32. The van der Waals surface area contributed by atoms with E-state index in [9.17, 15) is 0 Å². The molecule has 0 amide bonds. The molecule has 0 bridgehead atoms. The fourth-order valence-corrected chi connectivity index (χ4v) is 3.39. The molecular weight excluding hydrogens is 144 g/mol. The number of thioether (sulfide) groups is 1. The van der Waals surface area contributed by atoms with E-state index in [1.165, 1.54) is 25.0 Å². The summed E-state index contributed by atoms with van der Waals surface area (Å²) in [5, 5.41) is 0.947. The molecule has 0 aromatic heterocycles. The van der Waals surface area contributed by atoms with Crippen LogP contribution in [-0.2, 0) is 4.74 Å². The van der Waals surface area contributed by atoms with E-state index in [0.717, 1.165) is 24.4 Å². The average molecular weight is 158 g/mol. The minimum atomic E-state index is 0.896. The molecule has 0 N–H and O–H groups in total. The molecule has 2 aliphatic heterocycles. The predicted molar refractivity (Wildman–Crippen MR) is 44.4 cm³/mol. The van der Waals surface area contributed by atoms with Crippen LogP contribution in [0.25, 0.3) is 0 Å². The van der Waals surface area contributed by atoms with Crippen LogP contribution in [-0.4, -0.2) is 24.2 Å². The molecular formula is C8H14OS. The van der Waals surface area contributed by atoms with Gasteiger partial charge in [-0.1, -0.05) is 0 Å². The van der Waals surface area contributed by atoms with E-state index in [1.54, 1.807) is 0 Å². The maximum atomic E-state index is 5.50. The van der Waals surface area contributed by atoms with Crippen LogP contribution in [0, 0.1) is 5.92 Å². The van der Waals surface area contributed by atoms with Crippen molar-refractivity contribution in [2.75, 3.05) is 19.0 Å². The van der Waals surface area contributed by atoms with Crippen molar-refractivity contribution in [2.45, 2.75) is 24.5 Å². The summed E-state index contributed by atoms with van der Waals surface area (Å²) in [7, 11) is 0. The molecule has 1 nitrogen and oxygen atoms in total. The maximum Gasteiger partial charge on any atom is 0.0505 e. The van der Waals surface area contributed by atoms with Crippen LogP contribution in [0.4, 0.5) is 0 Å². The second-order valence-electron chi connectivity index (χ2n) is 3.18. The molecule has 2 atom stereocenters. The molecule has 2 heteroatoms. The highest BCUT2D eigenvalue weighted by Gasteiger charge is 2.28. The van der Waals surface area contributed by atoms with Crippen molar-refractivity contribution in [2.24, 2.45) is 5.92 Å². The quantitative estimate of drug-likeness (QED) is 0.532. The van der Waals surface area contributed by atoms with E-state index >= 15 is 0 Å². The Morgan fingerprint density at radius 1 is 1.30 bits per heavy atom. The Labute approximate surface area is 66.5 Å². The van der Waals surface area contributed by atoms with Crippen LogP contribution in [0.5, 0.6) is 0 Å². The molecule has 2 fully saturated rings. The van der Waals surface area contributed by atoms with Crippen LogP contribution >= 0.6 is 11.8 Å². The van der Waals surface area contributed by atoms with Crippen LogP contribution in [0.1, 0.15) is 19.3 Å². The first-order valence-electron chi connectivity index (χ1n) is 4.16. The summed E-state index contributed by atoms with van der Waals surface area (Å²) in [5.74, 6) is 2.27. The van der Waals surface area contributed by atoms with E-state index < -0.39 is 0 Å². The first-order chi connectivity index (χ1) is 4.97. The molecule has 2 saturated heterocycles. The molecule has 2 unspecified atom stereocenters. The molecule has 0 spiro atoms. The summed E-state index contributed by atoms with van der Waals surface area (Å²) in [5.41, 5.74) is 0. The zero-order valence-electron chi connectivity index (χ0n) is 6.21. The summed E-state index contributed by atoms with van der Waals surface area (Å²) in [6.07, 6.45) is 4.08. The molecule has 0 aromatic rings. The SMILES string of the molecule is C1COCC2CCSC2C1.